The average Bonchev–Trinajstić information content (AvgIpc) is 3.67. The number of anilines is 3. The van der Waals surface area contributed by atoms with Crippen LogP contribution in [-0.2, 0) is 16.6 Å². The molecule has 1 spiro atoms. The molecule has 3 aromatic heterocycles. The second-order valence-corrected chi connectivity index (χ2v) is 18.5. The lowest BCUT2D eigenvalue weighted by molar-refractivity contribution is -0.135. The first-order valence-corrected chi connectivity index (χ1v) is 21.7. The Labute approximate surface area is 339 Å². The molecule has 4 saturated heterocycles. The number of pyridine rings is 1. The van der Waals surface area contributed by atoms with Gasteiger partial charge in [0.25, 0.3) is 5.91 Å². The summed E-state index contributed by atoms with van der Waals surface area (Å²) in [7, 11) is 1.74. The number of aryl methyl sites for hydroxylation is 1. The number of imide groups is 1. The number of aromatic nitrogens is 3. The van der Waals surface area contributed by atoms with E-state index in [0.29, 0.717) is 55.8 Å². The van der Waals surface area contributed by atoms with Crippen molar-refractivity contribution < 1.29 is 18.8 Å². The molecule has 0 aliphatic carbocycles. The van der Waals surface area contributed by atoms with Crippen LogP contribution in [0.5, 0.6) is 0 Å². The number of likely N-dealkylation sites (tertiary alicyclic amines) is 1. The average molecular weight is 808 g/mol. The van der Waals surface area contributed by atoms with E-state index in [-0.39, 0.29) is 35.4 Å². The largest absolute Gasteiger partial charge is 0.381 e. The molecule has 2 atom stereocenters. The summed E-state index contributed by atoms with van der Waals surface area (Å²) in [5.74, 6) is 0.108. The van der Waals surface area contributed by atoms with Crippen molar-refractivity contribution in [2.75, 3.05) is 67.5 Å². The molecule has 3 amide bonds. The molecule has 13 nitrogen and oxygen atoms in total. The van der Waals surface area contributed by atoms with Crippen LogP contribution in [0.3, 0.4) is 0 Å². The van der Waals surface area contributed by atoms with Crippen LogP contribution >= 0.6 is 11.3 Å². The van der Waals surface area contributed by atoms with Crippen LogP contribution in [0.1, 0.15) is 74.0 Å². The predicted molar refractivity (Wildman–Crippen MR) is 226 cm³/mol. The van der Waals surface area contributed by atoms with Crippen molar-refractivity contribution in [2.45, 2.75) is 76.0 Å². The van der Waals surface area contributed by atoms with Gasteiger partial charge in [-0.3, -0.25) is 28.8 Å². The quantitative estimate of drug-likeness (QED) is 0.202. The lowest BCUT2D eigenvalue weighted by Gasteiger charge is -2.48. The molecular weight excluding hydrogens is 758 g/mol. The van der Waals surface area contributed by atoms with Crippen LogP contribution in [-0.4, -0.2) is 101 Å². The zero-order valence-electron chi connectivity index (χ0n) is 33.1. The number of halogens is 1. The SMILES string of the molecule is C[C@@H]1CNc2c(sc3ccc4nc(N5CCC(F)(CN6CCC7(CC6)CCN(c6ccc8c(c6)n(C)c(=O)n8C6CCC(=O)NC6=O)CC7)CC5)ccc4c23)C(=O)N1. The van der Waals surface area contributed by atoms with Crippen molar-refractivity contribution >= 4 is 78.3 Å². The molecule has 15 heteroatoms. The maximum Gasteiger partial charge on any atom is 0.329 e. The number of imidazole rings is 1. The Morgan fingerprint density at radius 1 is 0.879 bits per heavy atom. The molecule has 10 rings (SSSR count). The fraction of sp³-hybridized carbons (Fsp3) is 0.512. The number of benzene rings is 2. The van der Waals surface area contributed by atoms with E-state index < -0.39 is 17.6 Å². The highest BCUT2D eigenvalue weighted by Crippen LogP contribution is 2.44. The number of rotatable bonds is 5. The van der Waals surface area contributed by atoms with Crippen molar-refractivity contribution in [3.05, 3.63) is 57.8 Å². The van der Waals surface area contributed by atoms with Gasteiger partial charge in [-0.25, -0.2) is 14.2 Å². The first-order chi connectivity index (χ1) is 28.0. The van der Waals surface area contributed by atoms with Gasteiger partial charge in [0.1, 0.15) is 22.4 Å². The summed E-state index contributed by atoms with van der Waals surface area (Å²) in [6.07, 6.45) is 5.79. The van der Waals surface area contributed by atoms with Gasteiger partial charge in [-0.2, -0.15) is 0 Å². The van der Waals surface area contributed by atoms with Crippen LogP contribution in [0.4, 0.5) is 21.6 Å². The smallest absolute Gasteiger partial charge is 0.329 e. The minimum absolute atomic E-state index is 0.0372. The number of alkyl halides is 1. The molecule has 3 N–H and O–H groups in total. The van der Waals surface area contributed by atoms with Crippen molar-refractivity contribution in [1.29, 1.82) is 0 Å². The molecule has 58 heavy (non-hydrogen) atoms. The Hall–Kier alpha value is -5.02. The molecule has 5 aliphatic rings. The predicted octanol–water partition coefficient (Wildman–Crippen LogP) is 5.32. The zero-order chi connectivity index (χ0) is 39.9. The standard InChI is InChI=1S/C43H50FN9O4S/c1-26-24-45-37-36-28-4-9-34(47-29(28)5-8-33(36)58-38(37)40(56)46-26)52-21-15-43(44,16-22-52)25-50-17-11-42(12-18-50)13-19-51(20-14-42)27-3-6-30-32(23-27)49(2)41(57)53(30)31-7-10-35(54)48-39(31)55/h3-6,8-9,23,26,31,45H,7,10-22,24-25H2,1-2H3,(H,46,56)(H,48,54,55)/t26-,31?/m1/s1. The highest BCUT2D eigenvalue weighted by atomic mass is 32.1. The number of piperidine rings is 4. The third-order valence-corrected chi connectivity index (χ3v) is 15.0. The van der Waals surface area contributed by atoms with Gasteiger partial charge in [0.2, 0.25) is 11.8 Å². The second-order valence-electron chi connectivity index (χ2n) is 17.5. The number of thiophene rings is 1. The van der Waals surface area contributed by atoms with E-state index in [1.807, 2.05) is 31.2 Å². The summed E-state index contributed by atoms with van der Waals surface area (Å²) >= 11 is 1.51. The number of amides is 3. The maximum atomic E-state index is 16.5. The van der Waals surface area contributed by atoms with Crippen molar-refractivity contribution in [1.82, 2.24) is 29.7 Å². The molecule has 1 unspecified atom stereocenters. The number of nitrogens with one attached hydrogen (secondary N) is 3. The molecule has 2 aromatic carbocycles. The first-order valence-electron chi connectivity index (χ1n) is 20.8. The molecule has 5 aromatic rings. The normalized spacial score (nSPS) is 23.9. The van der Waals surface area contributed by atoms with E-state index in [1.54, 1.807) is 11.6 Å². The Morgan fingerprint density at radius 2 is 1.62 bits per heavy atom. The Morgan fingerprint density at radius 3 is 2.38 bits per heavy atom. The highest BCUT2D eigenvalue weighted by molar-refractivity contribution is 7.21. The minimum atomic E-state index is -1.22. The molecular formula is C43H50FN9O4S. The molecule has 5 aliphatic heterocycles. The van der Waals surface area contributed by atoms with Gasteiger partial charge in [-0.15, -0.1) is 11.3 Å². The van der Waals surface area contributed by atoms with Crippen LogP contribution in [0.25, 0.3) is 32.0 Å². The number of hydrogen-bond donors (Lipinski definition) is 3. The Bertz CT molecular complexity index is 2540. The molecule has 0 bridgehead atoms. The molecule has 304 valence electrons. The van der Waals surface area contributed by atoms with Gasteiger partial charge < -0.3 is 25.3 Å². The van der Waals surface area contributed by atoms with Crippen LogP contribution < -0.4 is 31.4 Å². The van der Waals surface area contributed by atoms with E-state index >= 15 is 4.39 Å². The number of fused-ring (bicyclic) bond motifs is 6. The lowest BCUT2D eigenvalue weighted by atomic mass is 9.71. The third kappa shape index (κ3) is 6.41. The monoisotopic (exact) mass is 807 g/mol. The minimum Gasteiger partial charge on any atom is -0.381 e. The fourth-order valence-electron chi connectivity index (χ4n) is 10.3. The highest BCUT2D eigenvalue weighted by Gasteiger charge is 2.42. The summed E-state index contributed by atoms with van der Waals surface area (Å²) in [6, 6.07) is 13.6. The summed E-state index contributed by atoms with van der Waals surface area (Å²) in [5.41, 5.74) is 3.10. The number of hydrogen-bond acceptors (Lipinski definition) is 10. The molecule has 4 fully saturated rings. The van der Waals surface area contributed by atoms with E-state index in [1.165, 1.54) is 15.9 Å². The van der Waals surface area contributed by atoms with E-state index in [0.717, 1.165) is 95.6 Å². The van der Waals surface area contributed by atoms with E-state index in [2.05, 4.69) is 48.8 Å². The molecule has 0 radical (unpaired) electrons. The van der Waals surface area contributed by atoms with Crippen LogP contribution in [0, 0.1) is 5.41 Å². The van der Waals surface area contributed by atoms with Crippen molar-refractivity contribution in [2.24, 2.45) is 12.5 Å². The van der Waals surface area contributed by atoms with Gasteiger partial charge in [-0.05, 0) is 100.0 Å². The summed E-state index contributed by atoms with van der Waals surface area (Å²) < 4.78 is 20.7. The van der Waals surface area contributed by atoms with Crippen molar-refractivity contribution in [3.63, 3.8) is 0 Å². The summed E-state index contributed by atoms with van der Waals surface area (Å²) in [4.78, 5) is 63.2. The van der Waals surface area contributed by atoms with Gasteiger partial charge in [0.05, 0.1) is 22.2 Å². The first kappa shape index (κ1) is 37.3. The zero-order valence-corrected chi connectivity index (χ0v) is 33.9. The summed E-state index contributed by atoms with van der Waals surface area (Å²) in [6.45, 7) is 8.07. The number of carbonyl (C=O) groups is 3. The van der Waals surface area contributed by atoms with E-state index in [4.69, 9.17) is 4.98 Å². The maximum absolute atomic E-state index is 16.5. The van der Waals surface area contributed by atoms with E-state index in [9.17, 15) is 19.2 Å². The third-order valence-electron chi connectivity index (χ3n) is 13.9. The lowest BCUT2D eigenvalue weighted by Crippen LogP contribution is -2.52. The Balaban J connectivity index is 0.742. The number of carbonyl (C=O) groups excluding carboxylic acids is 3. The van der Waals surface area contributed by atoms with Crippen LogP contribution in [0.15, 0.2) is 47.3 Å². The van der Waals surface area contributed by atoms with Gasteiger partial charge in [0.15, 0.2) is 0 Å². The summed E-state index contributed by atoms with van der Waals surface area (Å²) in [5, 5.41) is 11.0. The molecule has 8 heterocycles. The topological polar surface area (TPSA) is 137 Å². The van der Waals surface area contributed by atoms with Gasteiger partial charge in [0, 0.05) is 92.8 Å². The van der Waals surface area contributed by atoms with Gasteiger partial charge >= 0.3 is 5.69 Å². The van der Waals surface area contributed by atoms with Gasteiger partial charge in [-0.1, -0.05) is 0 Å². The second kappa shape index (κ2) is 14.1. The fourth-order valence-corrected chi connectivity index (χ4v) is 11.4. The number of nitrogens with zero attached hydrogens (tertiary/aromatic N) is 6. The molecule has 0 saturated carbocycles. The van der Waals surface area contributed by atoms with Crippen molar-refractivity contribution in [3.8, 4) is 0 Å². The Kier molecular flexibility index (Phi) is 9.04. The van der Waals surface area contributed by atoms with Crippen LogP contribution in [0.2, 0.25) is 0 Å².